The smallest absolute Gasteiger partial charge is 0.151 e. The molecular weight excluding hydrogens is 209 g/mol. The van der Waals surface area contributed by atoms with Crippen LogP contribution >= 0.6 is 0 Å². The van der Waals surface area contributed by atoms with Crippen LogP contribution in [0.3, 0.4) is 0 Å². The fourth-order valence-corrected chi connectivity index (χ4v) is 1.38. The van der Waals surface area contributed by atoms with Gasteiger partial charge in [-0.1, -0.05) is 0 Å². The van der Waals surface area contributed by atoms with Gasteiger partial charge in [-0.2, -0.15) is 0 Å². The predicted molar refractivity (Wildman–Crippen MR) is 55.4 cm³/mol. The molecule has 0 amide bonds. The van der Waals surface area contributed by atoms with E-state index in [0.29, 0.717) is 11.4 Å². The molecule has 0 fully saturated rings. The van der Waals surface area contributed by atoms with Gasteiger partial charge < -0.3 is 0 Å². The Morgan fingerprint density at radius 3 is 2.62 bits per heavy atom. The predicted octanol–water partition coefficient (Wildman–Crippen LogP) is 0.563. The van der Waals surface area contributed by atoms with Crippen LogP contribution < -0.4 is 11.3 Å². The fraction of sp³-hybridized carbons (Fsp3) is 0.100. The fourth-order valence-electron chi connectivity index (χ4n) is 1.38. The van der Waals surface area contributed by atoms with E-state index in [0.717, 1.165) is 6.20 Å². The topological polar surface area (TPSA) is 76.7 Å². The van der Waals surface area contributed by atoms with E-state index < -0.39 is 11.9 Å². The lowest BCUT2D eigenvalue weighted by atomic mass is 10.1. The zero-order valence-corrected chi connectivity index (χ0v) is 8.34. The van der Waals surface area contributed by atoms with Crippen molar-refractivity contribution in [2.24, 2.45) is 5.84 Å². The molecule has 3 N–H and O–H groups in total. The normalized spacial score (nSPS) is 12.4. The van der Waals surface area contributed by atoms with Crippen molar-refractivity contribution >= 4 is 0 Å². The van der Waals surface area contributed by atoms with E-state index in [4.69, 9.17) is 5.84 Å². The molecule has 0 saturated heterocycles. The van der Waals surface area contributed by atoms with E-state index >= 15 is 0 Å². The average molecular weight is 219 g/mol. The Hall–Kier alpha value is -1.92. The minimum Gasteiger partial charge on any atom is -0.270 e. The quantitative estimate of drug-likeness (QED) is 0.582. The molecule has 0 bridgehead atoms. The van der Waals surface area contributed by atoms with Crippen molar-refractivity contribution in [1.29, 1.82) is 0 Å². The summed E-state index contributed by atoms with van der Waals surface area (Å²) in [6.45, 7) is 0. The van der Waals surface area contributed by atoms with E-state index in [1.54, 1.807) is 18.5 Å². The molecule has 1 atom stereocenters. The van der Waals surface area contributed by atoms with Crippen LogP contribution in [0.1, 0.15) is 17.4 Å². The Bertz CT molecular complexity index is 462. The van der Waals surface area contributed by atoms with Gasteiger partial charge in [0.1, 0.15) is 11.9 Å². The van der Waals surface area contributed by atoms with E-state index in [1.807, 2.05) is 0 Å². The highest BCUT2D eigenvalue weighted by molar-refractivity contribution is 5.23. The highest BCUT2D eigenvalue weighted by Crippen LogP contribution is 2.19. The number of rotatable bonds is 3. The number of nitrogens with two attached hydrogens (primary N) is 1. The lowest BCUT2D eigenvalue weighted by molar-refractivity contribution is 0.540. The third kappa shape index (κ3) is 2.02. The first-order chi connectivity index (χ1) is 7.83. The Morgan fingerprint density at radius 2 is 2.00 bits per heavy atom. The van der Waals surface area contributed by atoms with Crippen LogP contribution in [0, 0.1) is 5.82 Å². The number of aromatic nitrogens is 3. The number of hydrazine groups is 1. The molecule has 16 heavy (non-hydrogen) atoms. The third-order valence-electron chi connectivity index (χ3n) is 2.13. The summed E-state index contributed by atoms with van der Waals surface area (Å²) in [5.74, 6) is 5.35. The molecule has 6 heteroatoms. The summed E-state index contributed by atoms with van der Waals surface area (Å²) in [4.78, 5) is 11.7. The molecule has 2 aromatic heterocycles. The molecule has 0 aliphatic rings. The molecule has 1 unspecified atom stereocenters. The SMILES string of the molecule is NNC(c1ncccn1)c1ccncc1F. The maximum atomic E-state index is 13.5. The largest absolute Gasteiger partial charge is 0.270 e. The second kappa shape index (κ2) is 4.73. The first kappa shape index (κ1) is 10.6. The summed E-state index contributed by atoms with van der Waals surface area (Å²) in [6, 6.07) is 2.64. The molecule has 2 heterocycles. The maximum absolute atomic E-state index is 13.5. The second-order valence-electron chi connectivity index (χ2n) is 3.10. The number of nitrogens with one attached hydrogen (secondary N) is 1. The highest BCUT2D eigenvalue weighted by atomic mass is 19.1. The molecule has 0 saturated carbocycles. The summed E-state index contributed by atoms with van der Waals surface area (Å²) in [7, 11) is 0. The van der Waals surface area contributed by atoms with Crippen LogP contribution in [0.2, 0.25) is 0 Å². The van der Waals surface area contributed by atoms with Gasteiger partial charge in [0.25, 0.3) is 0 Å². The van der Waals surface area contributed by atoms with Crippen LogP contribution in [0.25, 0.3) is 0 Å². The summed E-state index contributed by atoms with van der Waals surface area (Å²) >= 11 is 0. The molecule has 0 aliphatic carbocycles. The number of pyridine rings is 1. The molecule has 0 aliphatic heterocycles. The first-order valence-electron chi connectivity index (χ1n) is 4.65. The van der Waals surface area contributed by atoms with Crippen molar-refractivity contribution < 1.29 is 4.39 Å². The lowest BCUT2D eigenvalue weighted by Crippen LogP contribution is -2.30. The molecule has 82 valence electrons. The van der Waals surface area contributed by atoms with Crippen LogP contribution in [0.4, 0.5) is 4.39 Å². The zero-order valence-electron chi connectivity index (χ0n) is 8.34. The van der Waals surface area contributed by atoms with Crippen molar-refractivity contribution in [2.75, 3.05) is 0 Å². The number of nitrogens with zero attached hydrogens (tertiary/aromatic N) is 3. The molecule has 0 spiro atoms. The molecule has 0 aromatic carbocycles. The molecule has 5 nitrogen and oxygen atoms in total. The number of halogens is 1. The highest BCUT2D eigenvalue weighted by Gasteiger charge is 2.18. The minimum atomic E-state index is -0.579. The van der Waals surface area contributed by atoms with Gasteiger partial charge in [-0.05, 0) is 12.1 Å². The summed E-state index contributed by atoms with van der Waals surface area (Å²) in [5.41, 5.74) is 2.85. The molecule has 2 aromatic rings. The van der Waals surface area contributed by atoms with Gasteiger partial charge in [0.2, 0.25) is 0 Å². The molecule has 0 radical (unpaired) electrons. The van der Waals surface area contributed by atoms with Crippen LogP contribution in [-0.2, 0) is 0 Å². The van der Waals surface area contributed by atoms with E-state index in [2.05, 4.69) is 20.4 Å². The monoisotopic (exact) mass is 219 g/mol. The van der Waals surface area contributed by atoms with Crippen molar-refractivity contribution in [2.45, 2.75) is 6.04 Å². The van der Waals surface area contributed by atoms with E-state index in [1.165, 1.54) is 12.3 Å². The van der Waals surface area contributed by atoms with E-state index in [-0.39, 0.29) is 0 Å². The van der Waals surface area contributed by atoms with Crippen molar-refractivity contribution in [3.63, 3.8) is 0 Å². The second-order valence-corrected chi connectivity index (χ2v) is 3.10. The van der Waals surface area contributed by atoms with Gasteiger partial charge in [-0.15, -0.1) is 0 Å². The average Bonchev–Trinajstić information content (AvgIpc) is 2.34. The van der Waals surface area contributed by atoms with Gasteiger partial charge in [0.05, 0.1) is 6.20 Å². The van der Waals surface area contributed by atoms with Crippen molar-refractivity contribution in [3.8, 4) is 0 Å². The molecule has 2 rings (SSSR count). The van der Waals surface area contributed by atoms with Crippen molar-refractivity contribution in [3.05, 3.63) is 54.1 Å². The van der Waals surface area contributed by atoms with Crippen LogP contribution in [0.15, 0.2) is 36.9 Å². The Labute approximate surface area is 91.5 Å². The van der Waals surface area contributed by atoms with Gasteiger partial charge >= 0.3 is 0 Å². The third-order valence-corrected chi connectivity index (χ3v) is 2.13. The zero-order chi connectivity index (χ0) is 11.4. The number of hydrogen-bond donors (Lipinski definition) is 2. The van der Waals surface area contributed by atoms with Gasteiger partial charge in [-0.25, -0.2) is 19.8 Å². The minimum absolute atomic E-state index is 0.365. The Morgan fingerprint density at radius 1 is 1.25 bits per heavy atom. The summed E-state index contributed by atoms with van der Waals surface area (Å²) < 4.78 is 13.5. The summed E-state index contributed by atoms with van der Waals surface area (Å²) in [6.07, 6.45) is 5.77. The maximum Gasteiger partial charge on any atom is 0.151 e. The Balaban J connectivity index is 2.41. The van der Waals surface area contributed by atoms with Gasteiger partial charge in [0.15, 0.2) is 5.82 Å². The van der Waals surface area contributed by atoms with Gasteiger partial charge in [0, 0.05) is 24.2 Å². The van der Waals surface area contributed by atoms with Gasteiger partial charge in [-0.3, -0.25) is 10.8 Å². The standard InChI is InChI=1S/C10H10FN5/c11-8-6-13-5-2-7(8)9(16-12)10-14-3-1-4-15-10/h1-6,9,16H,12H2. The van der Waals surface area contributed by atoms with Crippen molar-refractivity contribution in [1.82, 2.24) is 20.4 Å². The van der Waals surface area contributed by atoms with E-state index in [9.17, 15) is 4.39 Å². The number of hydrogen-bond acceptors (Lipinski definition) is 5. The van der Waals surface area contributed by atoms with Crippen LogP contribution in [-0.4, -0.2) is 15.0 Å². The Kier molecular flexibility index (Phi) is 3.13. The summed E-state index contributed by atoms with van der Waals surface area (Å²) in [5, 5.41) is 0. The molecular formula is C10H10FN5. The van der Waals surface area contributed by atoms with Crippen LogP contribution in [0.5, 0.6) is 0 Å². The lowest BCUT2D eigenvalue weighted by Gasteiger charge is -2.14. The first-order valence-corrected chi connectivity index (χ1v) is 4.65.